The van der Waals surface area contributed by atoms with Gasteiger partial charge in [-0.05, 0) is 36.4 Å². The van der Waals surface area contributed by atoms with E-state index in [2.05, 4.69) is 10.3 Å². The number of anilines is 2. The molecule has 6 heteroatoms. The molecule has 0 spiro atoms. The summed E-state index contributed by atoms with van der Waals surface area (Å²) in [5.41, 5.74) is 8.17. The molecule has 0 fully saturated rings. The molecule has 1 aromatic heterocycles. The van der Waals surface area contributed by atoms with Crippen LogP contribution in [0.5, 0.6) is 5.75 Å². The number of aromatic nitrogens is 1. The van der Waals surface area contributed by atoms with Crippen molar-refractivity contribution in [1.82, 2.24) is 4.98 Å². The van der Waals surface area contributed by atoms with Gasteiger partial charge in [-0.3, -0.25) is 4.79 Å². The van der Waals surface area contributed by atoms with Gasteiger partial charge in [0.05, 0.1) is 18.0 Å². The Kier molecular flexibility index (Phi) is 4.16. The first-order valence-corrected chi connectivity index (χ1v) is 7.19. The highest BCUT2D eigenvalue weighted by Crippen LogP contribution is 2.23. The molecule has 0 unspecified atom stereocenters. The number of nitrogens with two attached hydrogens (primary N) is 1. The highest BCUT2D eigenvalue weighted by atomic mass is 16.5. The Morgan fingerprint density at radius 1 is 1.22 bits per heavy atom. The van der Waals surface area contributed by atoms with E-state index >= 15 is 0 Å². The summed E-state index contributed by atoms with van der Waals surface area (Å²) in [5.74, 6) is 0.377. The molecule has 0 aliphatic heterocycles. The third kappa shape index (κ3) is 3.27. The first-order valence-electron chi connectivity index (χ1n) is 7.19. The molecule has 118 valence electrons. The van der Waals surface area contributed by atoms with E-state index in [4.69, 9.17) is 15.6 Å². The smallest absolute Gasteiger partial charge is 0.272 e. The highest BCUT2D eigenvalue weighted by Gasteiger charge is 2.11. The van der Waals surface area contributed by atoms with E-state index in [1.807, 2.05) is 24.3 Å². The quantitative estimate of drug-likeness (QED) is 0.543. The second-order valence-electron chi connectivity index (χ2n) is 5.05. The van der Waals surface area contributed by atoms with Crippen LogP contribution in [0.3, 0.4) is 0 Å². The first-order chi connectivity index (χ1) is 11.2. The van der Waals surface area contributed by atoms with Gasteiger partial charge in [0.2, 0.25) is 0 Å². The van der Waals surface area contributed by atoms with Crippen molar-refractivity contribution in [1.29, 1.82) is 0 Å². The van der Waals surface area contributed by atoms with Gasteiger partial charge >= 0.3 is 0 Å². The number of rotatable bonds is 5. The Morgan fingerprint density at radius 2 is 2.04 bits per heavy atom. The number of benzene rings is 2. The van der Waals surface area contributed by atoms with Crippen molar-refractivity contribution in [3.8, 4) is 5.75 Å². The van der Waals surface area contributed by atoms with Crippen molar-refractivity contribution in [2.75, 3.05) is 24.3 Å². The summed E-state index contributed by atoms with van der Waals surface area (Å²) in [6, 6.07) is 14.3. The van der Waals surface area contributed by atoms with Crippen LogP contribution in [0.4, 0.5) is 11.4 Å². The summed E-state index contributed by atoms with van der Waals surface area (Å²) in [6.07, 6.45) is 0. The lowest BCUT2D eigenvalue weighted by atomic mass is 10.2. The molecule has 23 heavy (non-hydrogen) atoms. The summed E-state index contributed by atoms with van der Waals surface area (Å²) < 4.78 is 5.36. The van der Waals surface area contributed by atoms with Crippen molar-refractivity contribution in [3.63, 3.8) is 0 Å². The van der Waals surface area contributed by atoms with Crippen molar-refractivity contribution in [3.05, 3.63) is 54.2 Å². The number of fused-ring (bicyclic) bond motifs is 1. The SMILES string of the molecule is Nc1ccccc1NC(=O)c1cc2cc(OCCO)ccc2[nH]1. The van der Waals surface area contributed by atoms with Gasteiger partial charge in [0.15, 0.2) is 0 Å². The number of para-hydroxylation sites is 2. The maximum atomic E-state index is 12.3. The topological polar surface area (TPSA) is 100 Å². The molecule has 0 atom stereocenters. The molecule has 0 saturated carbocycles. The van der Waals surface area contributed by atoms with Gasteiger partial charge in [-0.25, -0.2) is 0 Å². The fraction of sp³-hybridized carbons (Fsp3) is 0.118. The van der Waals surface area contributed by atoms with Crippen LogP contribution in [-0.4, -0.2) is 29.2 Å². The third-order valence-corrected chi connectivity index (χ3v) is 3.41. The second-order valence-corrected chi connectivity index (χ2v) is 5.05. The number of carbonyl (C=O) groups is 1. The van der Waals surface area contributed by atoms with E-state index < -0.39 is 0 Å². The minimum absolute atomic E-state index is 0.0443. The number of aromatic amines is 1. The van der Waals surface area contributed by atoms with Crippen LogP contribution >= 0.6 is 0 Å². The van der Waals surface area contributed by atoms with Crippen molar-refractivity contribution < 1.29 is 14.6 Å². The van der Waals surface area contributed by atoms with Crippen LogP contribution in [0.1, 0.15) is 10.5 Å². The number of H-pyrrole nitrogens is 1. The maximum Gasteiger partial charge on any atom is 0.272 e. The van der Waals surface area contributed by atoms with Gasteiger partial charge in [-0.1, -0.05) is 12.1 Å². The number of hydrogen-bond acceptors (Lipinski definition) is 4. The van der Waals surface area contributed by atoms with Crippen LogP contribution in [0.2, 0.25) is 0 Å². The number of aliphatic hydroxyl groups excluding tert-OH is 1. The van der Waals surface area contributed by atoms with E-state index in [0.29, 0.717) is 22.8 Å². The third-order valence-electron chi connectivity index (χ3n) is 3.41. The molecule has 3 aromatic rings. The van der Waals surface area contributed by atoms with E-state index in [0.717, 1.165) is 10.9 Å². The minimum Gasteiger partial charge on any atom is -0.491 e. The molecule has 1 amide bonds. The fourth-order valence-corrected chi connectivity index (χ4v) is 2.29. The molecule has 0 aliphatic rings. The zero-order chi connectivity index (χ0) is 16.2. The van der Waals surface area contributed by atoms with E-state index in [1.54, 1.807) is 24.3 Å². The number of nitrogen functional groups attached to an aromatic ring is 1. The van der Waals surface area contributed by atoms with Crippen LogP contribution in [0.15, 0.2) is 48.5 Å². The Labute approximate surface area is 132 Å². The average molecular weight is 311 g/mol. The normalized spacial score (nSPS) is 10.7. The fourth-order valence-electron chi connectivity index (χ4n) is 2.29. The molecular weight excluding hydrogens is 294 g/mol. The van der Waals surface area contributed by atoms with Gasteiger partial charge in [-0.2, -0.15) is 0 Å². The first kappa shape index (κ1) is 14.9. The van der Waals surface area contributed by atoms with E-state index in [1.165, 1.54) is 0 Å². The number of nitrogens with one attached hydrogen (secondary N) is 2. The molecule has 5 N–H and O–H groups in total. The summed E-state index contributed by atoms with van der Waals surface area (Å²) in [4.78, 5) is 15.4. The maximum absolute atomic E-state index is 12.3. The van der Waals surface area contributed by atoms with Crippen LogP contribution in [0.25, 0.3) is 10.9 Å². The Bertz CT molecular complexity index is 842. The zero-order valence-corrected chi connectivity index (χ0v) is 12.4. The number of aliphatic hydroxyl groups is 1. The lowest BCUT2D eigenvalue weighted by molar-refractivity contribution is 0.102. The second kappa shape index (κ2) is 6.41. The number of hydrogen-bond donors (Lipinski definition) is 4. The number of ether oxygens (including phenoxy) is 1. The van der Waals surface area contributed by atoms with Gasteiger partial charge in [0.1, 0.15) is 18.1 Å². The van der Waals surface area contributed by atoms with Crippen LogP contribution in [0, 0.1) is 0 Å². The molecule has 0 aliphatic carbocycles. The van der Waals surface area contributed by atoms with Gasteiger partial charge in [-0.15, -0.1) is 0 Å². The molecule has 0 bridgehead atoms. The van der Waals surface area contributed by atoms with E-state index in [-0.39, 0.29) is 19.1 Å². The van der Waals surface area contributed by atoms with Gasteiger partial charge in [0.25, 0.3) is 5.91 Å². The summed E-state index contributed by atoms with van der Waals surface area (Å²) in [5, 5.41) is 12.4. The standard InChI is InChI=1S/C17H17N3O3/c18-13-3-1-2-4-15(13)20-17(22)16-10-11-9-12(23-8-7-21)5-6-14(11)19-16/h1-6,9-10,19,21H,7-8,18H2,(H,20,22). The monoisotopic (exact) mass is 311 g/mol. The molecular formula is C17H17N3O3. The van der Waals surface area contributed by atoms with Crippen molar-refractivity contribution >= 4 is 28.2 Å². The molecule has 1 heterocycles. The van der Waals surface area contributed by atoms with Crippen LogP contribution < -0.4 is 15.8 Å². The molecule has 6 nitrogen and oxygen atoms in total. The summed E-state index contributed by atoms with van der Waals surface area (Å²) in [6.45, 7) is 0.188. The molecule has 2 aromatic carbocycles. The Hall–Kier alpha value is -2.99. The molecule has 0 saturated heterocycles. The minimum atomic E-state index is -0.267. The molecule has 3 rings (SSSR count). The Balaban J connectivity index is 1.82. The summed E-state index contributed by atoms with van der Waals surface area (Å²) in [7, 11) is 0. The highest BCUT2D eigenvalue weighted by molar-refractivity contribution is 6.07. The van der Waals surface area contributed by atoms with Crippen molar-refractivity contribution in [2.45, 2.75) is 0 Å². The van der Waals surface area contributed by atoms with Gasteiger partial charge < -0.3 is 25.9 Å². The lowest BCUT2D eigenvalue weighted by Gasteiger charge is -2.06. The molecule has 0 radical (unpaired) electrons. The number of carbonyl (C=O) groups excluding carboxylic acids is 1. The summed E-state index contributed by atoms with van der Waals surface area (Å²) >= 11 is 0. The van der Waals surface area contributed by atoms with Crippen LogP contribution in [-0.2, 0) is 0 Å². The predicted octanol–water partition coefficient (Wildman–Crippen LogP) is 2.37. The Morgan fingerprint density at radius 3 is 2.83 bits per heavy atom. The van der Waals surface area contributed by atoms with E-state index in [9.17, 15) is 4.79 Å². The largest absolute Gasteiger partial charge is 0.491 e. The predicted molar refractivity (Wildman–Crippen MR) is 89.7 cm³/mol. The number of amides is 1. The zero-order valence-electron chi connectivity index (χ0n) is 12.4. The van der Waals surface area contributed by atoms with Crippen molar-refractivity contribution in [2.24, 2.45) is 0 Å². The average Bonchev–Trinajstić information content (AvgIpc) is 2.98. The lowest BCUT2D eigenvalue weighted by Crippen LogP contribution is -2.13. The van der Waals surface area contributed by atoms with Gasteiger partial charge in [0, 0.05) is 10.9 Å².